The first-order valence-corrected chi connectivity index (χ1v) is 8.40. The van der Waals surface area contributed by atoms with Gasteiger partial charge in [0.05, 0.1) is 16.2 Å². The molecule has 0 aliphatic rings. The largest absolute Gasteiger partial charge is 0.360 e. The Hall–Kier alpha value is -4.07. The number of hydrogen-bond acceptors (Lipinski definition) is 6. The second-order valence-electron chi connectivity index (χ2n) is 6.07. The number of rotatable bonds is 5. The van der Waals surface area contributed by atoms with Gasteiger partial charge in [-0.3, -0.25) is 19.5 Å². The topological polar surface area (TPSA) is 104 Å². The number of benzene rings is 2. The Morgan fingerprint density at radius 3 is 2.46 bits per heavy atom. The minimum atomic E-state index is -0.476. The van der Waals surface area contributed by atoms with E-state index in [1.54, 1.807) is 29.8 Å². The first-order valence-electron chi connectivity index (χ1n) is 8.40. The summed E-state index contributed by atoms with van der Waals surface area (Å²) in [4.78, 5) is 26.4. The normalized spacial score (nSPS) is 10.8. The average Bonchev–Trinajstić information content (AvgIpc) is 3.32. The molecule has 4 rings (SSSR count). The molecule has 4 aromatic rings. The number of carbonyl (C=O) groups excluding carboxylic acids is 1. The Morgan fingerprint density at radius 1 is 1.11 bits per heavy atom. The first kappa shape index (κ1) is 17.3. The fourth-order valence-corrected chi connectivity index (χ4v) is 3.01. The van der Waals surface area contributed by atoms with Crippen molar-refractivity contribution in [1.29, 1.82) is 0 Å². The van der Waals surface area contributed by atoms with E-state index in [-0.39, 0.29) is 11.5 Å². The third-order valence-electron chi connectivity index (χ3n) is 4.34. The van der Waals surface area contributed by atoms with E-state index in [2.05, 4.69) is 10.1 Å². The van der Waals surface area contributed by atoms with Gasteiger partial charge in [0.25, 0.3) is 5.69 Å². The van der Waals surface area contributed by atoms with Crippen molar-refractivity contribution in [2.45, 2.75) is 6.92 Å². The predicted octanol–water partition coefficient (Wildman–Crippen LogP) is 4.22. The molecule has 28 heavy (non-hydrogen) atoms. The highest BCUT2D eigenvalue weighted by Gasteiger charge is 2.21. The maximum absolute atomic E-state index is 11.6. The van der Waals surface area contributed by atoms with Crippen molar-refractivity contribution in [3.63, 3.8) is 0 Å². The molecule has 0 aliphatic heterocycles. The van der Waals surface area contributed by atoms with E-state index in [0.717, 1.165) is 5.56 Å². The van der Waals surface area contributed by atoms with E-state index in [0.29, 0.717) is 34.7 Å². The fraction of sp³-hybridized carbons (Fsp3) is 0.0500. The summed E-state index contributed by atoms with van der Waals surface area (Å²) in [5.41, 5.74) is 3.27. The third-order valence-corrected chi connectivity index (χ3v) is 4.34. The summed E-state index contributed by atoms with van der Waals surface area (Å²) in [7, 11) is 0. The van der Waals surface area contributed by atoms with Gasteiger partial charge in [-0.2, -0.15) is 0 Å². The summed E-state index contributed by atoms with van der Waals surface area (Å²) in [6.45, 7) is 1.78. The molecule has 8 heteroatoms. The number of carbonyl (C=O) groups is 1. The van der Waals surface area contributed by atoms with Crippen LogP contribution in [-0.2, 0) is 0 Å². The van der Waals surface area contributed by atoms with E-state index in [1.807, 2.05) is 30.3 Å². The van der Waals surface area contributed by atoms with Crippen LogP contribution >= 0.6 is 0 Å². The van der Waals surface area contributed by atoms with Crippen LogP contribution in [0.15, 0.2) is 65.3 Å². The lowest BCUT2D eigenvalue weighted by atomic mass is 10.0. The van der Waals surface area contributed by atoms with Crippen molar-refractivity contribution in [2.24, 2.45) is 0 Å². The lowest BCUT2D eigenvalue weighted by molar-refractivity contribution is -0.384. The molecule has 0 spiro atoms. The number of aldehydes is 1. The third kappa shape index (κ3) is 2.96. The van der Waals surface area contributed by atoms with Crippen LogP contribution in [0.25, 0.3) is 28.2 Å². The standard InChI is InChI=1S/C20H14N4O4/c1-13-19(20(22-28-13)14-5-3-2-4-6-14)17-11-23(18(12-25)21-17)15-7-9-16(10-8-15)24(26)27/h2-12H,1H3. The van der Waals surface area contributed by atoms with Crippen LogP contribution in [0.2, 0.25) is 0 Å². The molecule has 0 aliphatic carbocycles. The highest BCUT2D eigenvalue weighted by molar-refractivity contribution is 5.82. The second-order valence-corrected chi connectivity index (χ2v) is 6.07. The molecular formula is C20H14N4O4. The molecule has 0 saturated heterocycles. The maximum Gasteiger partial charge on any atom is 0.269 e. The molecule has 0 atom stereocenters. The summed E-state index contributed by atoms with van der Waals surface area (Å²) >= 11 is 0. The van der Waals surface area contributed by atoms with Crippen LogP contribution in [-0.4, -0.2) is 25.9 Å². The number of nitro groups is 1. The van der Waals surface area contributed by atoms with Gasteiger partial charge in [0, 0.05) is 29.6 Å². The highest BCUT2D eigenvalue weighted by Crippen LogP contribution is 2.34. The van der Waals surface area contributed by atoms with Crippen molar-refractivity contribution < 1.29 is 14.2 Å². The Labute approximate surface area is 159 Å². The molecule has 0 radical (unpaired) electrons. The Balaban J connectivity index is 1.83. The highest BCUT2D eigenvalue weighted by atomic mass is 16.6. The van der Waals surface area contributed by atoms with Crippen LogP contribution in [0.5, 0.6) is 0 Å². The number of aryl methyl sites for hydroxylation is 1. The first-order chi connectivity index (χ1) is 13.6. The number of nitro benzene ring substituents is 1. The van der Waals surface area contributed by atoms with Gasteiger partial charge in [0.1, 0.15) is 11.5 Å². The van der Waals surface area contributed by atoms with Crippen molar-refractivity contribution >= 4 is 12.0 Å². The van der Waals surface area contributed by atoms with Crippen molar-refractivity contribution in [3.8, 4) is 28.2 Å². The van der Waals surface area contributed by atoms with Gasteiger partial charge >= 0.3 is 0 Å². The molecule has 0 unspecified atom stereocenters. The summed E-state index contributed by atoms with van der Waals surface area (Å²) in [5.74, 6) is 0.744. The van der Waals surface area contributed by atoms with E-state index in [1.165, 1.54) is 12.1 Å². The van der Waals surface area contributed by atoms with Crippen molar-refractivity contribution in [3.05, 3.63) is 82.5 Å². The molecule has 8 nitrogen and oxygen atoms in total. The lowest BCUT2D eigenvalue weighted by Crippen LogP contribution is -1.99. The summed E-state index contributed by atoms with van der Waals surface area (Å²) in [6, 6.07) is 15.4. The zero-order chi connectivity index (χ0) is 19.7. The van der Waals surface area contributed by atoms with Crippen molar-refractivity contribution in [2.75, 3.05) is 0 Å². The summed E-state index contributed by atoms with van der Waals surface area (Å²) in [6.07, 6.45) is 2.33. The SMILES string of the molecule is Cc1onc(-c2ccccc2)c1-c1cn(-c2ccc([N+](=O)[O-])cc2)c(C=O)n1. The van der Waals surface area contributed by atoms with Gasteiger partial charge in [-0.1, -0.05) is 35.5 Å². The van der Waals surface area contributed by atoms with E-state index in [9.17, 15) is 14.9 Å². The van der Waals surface area contributed by atoms with Crippen LogP contribution in [0.1, 0.15) is 16.4 Å². The van der Waals surface area contributed by atoms with Crippen LogP contribution < -0.4 is 0 Å². The van der Waals surface area contributed by atoms with Gasteiger partial charge in [0.15, 0.2) is 12.1 Å². The Morgan fingerprint density at radius 2 is 1.82 bits per heavy atom. The predicted molar refractivity (Wildman–Crippen MR) is 101 cm³/mol. The Bertz CT molecular complexity index is 1160. The molecule has 0 bridgehead atoms. The minimum absolute atomic E-state index is 0.0296. The quantitative estimate of drug-likeness (QED) is 0.294. The van der Waals surface area contributed by atoms with Gasteiger partial charge in [-0.15, -0.1) is 0 Å². The fourth-order valence-electron chi connectivity index (χ4n) is 3.01. The van der Waals surface area contributed by atoms with Gasteiger partial charge in [-0.25, -0.2) is 4.98 Å². The number of nitrogens with zero attached hydrogens (tertiary/aromatic N) is 4. The zero-order valence-electron chi connectivity index (χ0n) is 14.8. The molecule has 2 aromatic carbocycles. The molecule has 0 fully saturated rings. The van der Waals surface area contributed by atoms with E-state index in [4.69, 9.17) is 4.52 Å². The zero-order valence-corrected chi connectivity index (χ0v) is 14.8. The van der Waals surface area contributed by atoms with E-state index < -0.39 is 4.92 Å². The number of aromatic nitrogens is 3. The molecule has 0 saturated carbocycles. The molecule has 2 aromatic heterocycles. The number of imidazole rings is 1. The van der Waals surface area contributed by atoms with E-state index >= 15 is 0 Å². The number of non-ortho nitro benzene ring substituents is 1. The molecule has 2 heterocycles. The molecule has 0 N–H and O–H groups in total. The summed E-state index contributed by atoms with van der Waals surface area (Å²) < 4.78 is 6.95. The summed E-state index contributed by atoms with van der Waals surface area (Å²) in [5, 5.41) is 15.0. The Kier molecular flexibility index (Phi) is 4.29. The maximum atomic E-state index is 11.6. The van der Waals surface area contributed by atoms with Crippen LogP contribution in [0, 0.1) is 17.0 Å². The number of hydrogen-bond donors (Lipinski definition) is 0. The minimum Gasteiger partial charge on any atom is -0.360 e. The van der Waals surface area contributed by atoms with Crippen LogP contribution in [0.4, 0.5) is 5.69 Å². The van der Waals surface area contributed by atoms with Gasteiger partial charge < -0.3 is 4.52 Å². The monoisotopic (exact) mass is 374 g/mol. The van der Waals surface area contributed by atoms with Gasteiger partial charge in [0.2, 0.25) is 0 Å². The molecule has 0 amide bonds. The van der Waals surface area contributed by atoms with Crippen LogP contribution in [0.3, 0.4) is 0 Å². The van der Waals surface area contributed by atoms with Gasteiger partial charge in [-0.05, 0) is 19.1 Å². The second kappa shape index (κ2) is 6.92. The molecule has 138 valence electrons. The smallest absolute Gasteiger partial charge is 0.269 e. The van der Waals surface area contributed by atoms with Crippen molar-refractivity contribution in [1.82, 2.24) is 14.7 Å². The average molecular weight is 374 g/mol. The molecular weight excluding hydrogens is 360 g/mol. The lowest BCUT2D eigenvalue weighted by Gasteiger charge is -2.03.